The van der Waals surface area contributed by atoms with Crippen molar-refractivity contribution in [3.8, 4) is 0 Å². The van der Waals surface area contributed by atoms with Crippen molar-refractivity contribution in [2.75, 3.05) is 6.54 Å². The van der Waals surface area contributed by atoms with Gasteiger partial charge in [-0.1, -0.05) is 32.9 Å². The van der Waals surface area contributed by atoms with Gasteiger partial charge >= 0.3 is 0 Å². The predicted molar refractivity (Wildman–Crippen MR) is 123 cm³/mol. The van der Waals surface area contributed by atoms with E-state index in [1.165, 1.54) is 51.4 Å². The summed E-state index contributed by atoms with van der Waals surface area (Å²) in [5, 5.41) is 16.9. The summed E-state index contributed by atoms with van der Waals surface area (Å²) in [6.45, 7) is 11.3. The number of hydrogen-bond acceptors (Lipinski definition) is 4. The van der Waals surface area contributed by atoms with E-state index in [-0.39, 0.29) is 5.72 Å². The van der Waals surface area contributed by atoms with Crippen molar-refractivity contribution >= 4 is 5.71 Å². The molecule has 1 spiro atoms. The molecule has 4 nitrogen and oxygen atoms in total. The number of oxime groups is 1. The molecule has 2 saturated heterocycles. The molecule has 174 valence electrons. The second-order valence-electron chi connectivity index (χ2n) is 13.2. The van der Waals surface area contributed by atoms with E-state index in [4.69, 9.17) is 4.74 Å². The summed E-state index contributed by atoms with van der Waals surface area (Å²) in [7, 11) is 0. The minimum absolute atomic E-state index is 0.0420. The van der Waals surface area contributed by atoms with Crippen LogP contribution in [0.25, 0.3) is 0 Å². The van der Waals surface area contributed by atoms with Crippen molar-refractivity contribution < 1.29 is 9.94 Å². The SMILES string of the molecule is C[C@H]1CC[C@]2(NC1)O[C@H]1C[C@H]3[C@@H]4CC[C@H]5C/C(=N/O)CC[C@]5(C)[C@H]4CC[C@]3(C)[C@H]1[C@@H]2C. The molecule has 2 aliphatic heterocycles. The summed E-state index contributed by atoms with van der Waals surface area (Å²) < 4.78 is 7.02. The quantitative estimate of drug-likeness (QED) is 0.377. The molecule has 11 atom stereocenters. The van der Waals surface area contributed by atoms with Crippen LogP contribution in [-0.2, 0) is 4.74 Å². The molecule has 0 radical (unpaired) electrons. The van der Waals surface area contributed by atoms with Crippen molar-refractivity contribution in [3.63, 3.8) is 0 Å². The molecule has 0 unspecified atom stereocenters. The largest absolute Gasteiger partial charge is 0.411 e. The normalized spacial score (nSPS) is 59.8. The molecule has 4 saturated carbocycles. The first-order valence-corrected chi connectivity index (χ1v) is 13.4. The third-order valence-corrected chi connectivity index (χ3v) is 12.1. The Kier molecular flexibility index (Phi) is 4.70. The Bertz CT molecular complexity index is 758. The van der Waals surface area contributed by atoms with Crippen LogP contribution in [-0.4, -0.2) is 29.3 Å². The van der Waals surface area contributed by atoms with Crippen LogP contribution in [0.2, 0.25) is 0 Å². The summed E-state index contributed by atoms with van der Waals surface area (Å²) in [5.74, 6) is 5.44. The van der Waals surface area contributed by atoms with Crippen molar-refractivity contribution in [2.45, 2.75) is 104 Å². The summed E-state index contributed by atoms with van der Waals surface area (Å²) >= 11 is 0. The Morgan fingerprint density at radius 2 is 1.84 bits per heavy atom. The van der Waals surface area contributed by atoms with Gasteiger partial charge in [-0.15, -0.1) is 0 Å². The summed E-state index contributed by atoms with van der Waals surface area (Å²) in [6, 6.07) is 0. The van der Waals surface area contributed by atoms with E-state index in [1.54, 1.807) is 0 Å². The topological polar surface area (TPSA) is 53.8 Å². The highest BCUT2D eigenvalue weighted by molar-refractivity contribution is 5.85. The molecule has 6 aliphatic rings. The van der Waals surface area contributed by atoms with Crippen LogP contribution in [0, 0.1) is 52.3 Å². The van der Waals surface area contributed by atoms with Gasteiger partial charge < -0.3 is 9.94 Å². The molecule has 0 bridgehead atoms. The van der Waals surface area contributed by atoms with Crippen LogP contribution < -0.4 is 5.32 Å². The van der Waals surface area contributed by atoms with Crippen LogP contribution in [0.4, 0.5) is 0 Å². The molecule has 0 aromatic carbocycles. The minimum Gasteiger partial charge on any atom is -0.411 e. The van der Waals surface area contributed by atoms with E-state index >= 15 is 0 Å². The second kappa shape index (κ2) is 6.95. The Labute approximate surface area is 188 Å². The van der Waals surface area contributed by atoms with Gasteiger partial charge in [0.15, 0.2) is 0 Å². The standard InChI is InChI=1S/C27H44N2O2/c1-16-7-12-27(28-15-16)17(2)24-23(31-27)14-22-20-6-5-18-13-19(29-30)8-10-25(18,3)21(20)9-11-26(22,24)4/h16-18,20-24,28,30H,5-15H2,1-4H3/b29-19+/t16-,17-,18-,20+,21-,22-,23-,24-,25-,26-,27-/m0/s1. The Morgan fingerprint density at radius 3 is 2.58 bits per heavy atom. The number of rotatable bonds is 0. The summed E-state index contributed by atoms with van der Waals surface area (Å²) in [5.41, 5.74) is 1.92. The van der Waals surface area contributed by atoms with E-state index < -0.39 is 0 Å². The van der Waals surface area contributed by atoms with Gasteiger partial charge in [0.1, 0.15) is 5.72 Å². The van der Waals surface area contributed by atoms with Crippen LogP contribution in [0.1, 0.15) is 91.9 Å². The zero-order valence-corrected chi connectivity index (χ0v) is 20.2. The number of ether oxygens (including phenoxy) is 1. The lowest BCUT2D eigenvalue weighted by Gasteiger charge is -2.61. The number of piperidine rings is 1. The molecular formula is C27H44N2O2. The predicted octanol–water partition coefficient (Wildman–Crippen LogP) is 5.84. The monoisotopic (exact) mass is 428 g/mol. The fourth-order valence-corrected chi connectivity index (χ4v) is 10.3. The molecule has 0 amide bonds. The van der Waals surface area contributed by atoms with Gasteiger partial charge in [-0.2, -0.15) is 0 Å². The number of fused-ring (bicyclic) bond motifs is 7. The van der Waals surface area contributed by atoms with Gasteiger partial charge in [0.25, 0.3) is 0 Å². The molecule has 31 heavy (non-hydrogen) atoms. The maximum atomic E-state index is 9.36. The zero-order chi connectivity index (χ0) is 21.6. The zero-order valence-electron chi connectivity index (χ0n) is 20.2. The highest BCUT2D eigenvalue weighted by Crippen LogP contribution is 2.70. The maximum absolute atomic E-state index is 9.36. The van der Waals surface area contributed by atoms with E-state index in [9.17, 15) is 5.21 Å². The number of nitrogens with one attached hydrogen (secondary N) is 1. The summed E-state index contributed by atoms with van der Waals surface area (Å²) in [6.07, 6.45) is 13.1. The van der Waals surface area contributed by atoms with Crippen molar-refractivity contribution in [1.82, 2.24) is 5.32 Å². The molecule has 2 N–H and O–H groups in total. The Hall–Kier alpha value is -0.610. The third kappa shape index (κ3) is 2.76. The fraction of sp³-hybridized carbons (Fsp3) is 0.963. The highest BCUT2D eigenvalue weighted by Gasteiger charge is 2.68. The van der Waals surface area contributed by atoms with Crippen LogP contribution >= 0.6 is 0 Å². The minimum atomic E-state index is -0.0420. The molecule has 6 fully saturated rings. The van der Waals surface area contributed by atoms with E-state index in [0.29, 0.717) is 22.9 Å². The van der Waals surface area contributed by atoms with Gasteiger partial charge in [0.05, 0.1) is 11.8 Å². The first-order valence-electron chi connectivity index (χ1n) is 13.4. The lowest BCUT2D eigenvalue weighted by Crippen LogP contribution is -2.57. The Balaban J connectivity index is 1.25. The first kappa shape index (κ1) is 21.0. The molecule has 0 aromatic heterocycles. The molecule has 4 heteroatoms. The van der Waals surface area contributed by atoms with Gasteiger partial charge in [-0.05, 0) is 111 Å². The second-order valence-corrected chi connectivity index (χ2v) is 13.2. The van der Waals surface area contributed by atoms with Crippen molar-refractivity contribution in [3.05, 3.63) is 0 Å². The lowest BCUT2D eigenvalue weighted by molar-refractivity contribution is -0.128. The maximum Gasteiger partial charge on any atom is 0.122 e. The number of nitrogens with zero attached hydrogens (tertiary/aromatic N) is 1. The molecular weight excluding hydrogens is 384 g/mol. The molecule has 4 aliphatic carbocycles. The number of hydrogen-bond donors (Lipinski definition) is 2. The molecule has 0 aromatic rings. The molecule has 6 rings (SSSR count). The van der Waals surface area contributed by atoms with E-state index in [2.05, 4.69) is 38.2 Å². The first-order chi connectivity index (χ1) is 14.8. The van der Waals surface area contributed by atoms with Gasteiger partial charge in [0.2, 0.25) is 0 Å². The average molecular weight is 429 g/mol. The van der Waals surface area contributed by atoms with Crippen LogP contribution in [0.15, 0.2) is 5.16 Å². The average Bonchev–Trinajstić information content (AvgIpc) is 3.20. The smallest absolute Gasteiger partial charge is 0.122 e. The highest BCUT2D eigenvalue weighted by atomic mass is 16.5. The Morgan fingerprint density at radius 1 is 1.00 bits per heavy atom. The lowest BCUT2D eigenvalue weighted by atomic mass is 9.44. The van der Waals surface area contributed by atoms with Gasteiger partial charge in [0, 0.05) is 12.5 Å². The van der Waals surface area contributed by atoms with E-state index in [1.807, 2.05) is 0 Å². The van der Waals surface area contributed by atoms with Gasteiger partial charge in [-0.3, -0.25) is 5.32 Å². The van der Waals surface area contributed by atoms with Crippen molar-refractivity contribution in [2.24, 2.45) is 57.4 Å². The third-order valence-electron chi connectivity index (χ3n) is 12.1. The fourth-order valence-electron chi connectivity index (χ4n) is 10.3. The van der Waals surface area contributed by atoms with Crippen LogP contribution in [0.5, 0.6) is 0 Å². The molecule has 2 heterocycles. The van der Waals surface area contributed by atoms with Crippen LogP contribution in [0.3, 0.4) is 0 Å². The van der Waals surface area contributed by atoms with Gasteiger partial charge in [-0.25, -0.2) is 0 Å². The summed E-state index contributed by atoms with van der Waals surface area (Å²) in [4.78, 5) is 0. The van der Waals surface area contributed by atoms with Crippen molar-refractivity contribution in [1.29, 1.82) is 0 Å². The van der Waals surface area contributed by atoms with E-state index in [0.717, 1.165) is 60.6 Å².